The first-order valence-corrected chi connectivity index (χ1v) is 12.1. The molecule has 6 nitrogen and oxygen atoms in total. The van der Waals surface area contributed by atoms with E-state index in [1.165, 1.54) is 16.7 Å². The first-order chi connectivity index (χ1) is 15.8. The third kappa shape index (κ3) is 5.53. The van der Waals surface area contributed by atoms with Crippen molar-refractivity contribution in [2.45, 2.75) is 58.5 Å². The standard InChI is InChI=1S/C26H34N6S/c1-16-14-17(2)23(18(3)15-16)30-26(33)28-20-12-10-19(11-13-20)27-25-29-22-9-7-6-8-21(22)24(31-25)32(4)5/h6-9,14-15,19-20H,10-13H2,1-5H3,(H,27,29,31)(H2,28,30,33). The number of rotatable bonds is 5. The molecule has 7 heteroatoms. The average Bonchev–Trinajstić information content (AvgIpc) is 2.77. The Morgan fingerprint density at radius 1 is 0.939 bits per heavy atom. The summed E-state index contributed by atoms with van der Waals surface area (Å²) < 4.78 is 0. The predicted octanol–water partition coefficient (Wildman–Crippen LogP) is 5.33. The quantitative estimate of drug-likeness (QED) is 0.443. The van der Waals surface area contributed by atoms with Gasteiger partial charge in [0.05, 0.1) is 5.52 Å². The Labute approximate surface area is 202 Å². The molecule has 2 aromatic carbocycles. The molecule has 3 N–H and O–H groups in total. The number of aryl methyl sites for hydroxylation is 3. The van der Waals surface area contributed by atoms with E-state index in [2.05, 4.69) is 54.9 Å². The van der Waals surface area contributed by atoms with Crippen LogP contribution in [-0.4, -0.2) is 41.3 Å². The van der Waals surface area contributed by atoms with E-state index in [1.807, 2.05) is 37.2 Å². The second-order valence-corrected chi connectivity index (χ2v) is 9.76. The second-order valence-electron chi connectivity index (χ2n) is 9.35. The maximum absolute atomic E-state index is 5.62. The molecule has 0 bridgehead atoms. The number of nitrogens with zero attached hydrogens (tertiary/aromatic N) is 3. The van der Waals surface area contributed by atoms with Crippen molar-refractivity contribution in [3.8, 4) is 0 Å². The van der Waals surface area contributed by atoms with E-state index in [0.717, 1.165) is 48.1 Å². The number of fused-ring (bicyclic) bond motifs is 1. The van der Waals surface area contributed by atoms with Gasteiger partial charge < -0.3 is 20.9 Å². The third-order valence-corrected chi connectivity index (χ3v) is 6.54. The highest BCUT2D eigenvalue weighted by atomic mass is 32.1. The van der Waals surface area contributed by atoms with Crippen LogP contribution in [0.5, 0.6) is 0 Å². The van der Waals surface area contributed by atoms with E-state index < -0.39 is 0 Å². The summed E-state index contributed by atoms with van der Waals surface area (Å²) in [5, 5.41) is 12.3. The fraction of sp³-hybridized carbons (Fsp3) is 0.423. The van der Waals surface area contributed by atoms with Crippen LogP contribution in [0.25, 0.3) is 10.9 Å². The van der Waals surface area contributed by atoms with Gasteiger partial charge in [-0.2, -0.15) is 4.98 Å². The molecule has 1 aromatic heterocycles. The van der Waals surface area contributed by atoms with Crippen LogP contribution < -0.4 is 20.9 Å². The molecule has 1 aliphatic rings. The highest BCUT2D eigenvalue weighted by molar-refractivity contribution is 7.80. The Morgan fingerprint density at radius 3 is 2.24 bits per heavy atom. The minimum Gasteiger partial charge on any atom is -0.362 e. The van der Waals surface area contributed by atoms with Crippen LogP contribution in [-0.2, 0) is 0 Å². The van der Waals surface area contributed by atoms with Gasteiger partial charge in [-0.25, -0.2) is 4.98 Å². The molecule has 0 saturated heterocycles. The van der Waals surface area contributed by atoms with Crippen molar-refractivity contribution in [2.75, 3.05) is 29.6 Å². The average molecular weight is 463 g/mol. The molecule has 1 heterocycles. The largest absolute Gasteiger partial charge is 0.362 e. The third-order valence-electron chi connectivity index (χ3n) is 6.32. The van der Waals surface area contributed by atoms with Crippen LogP contribution in [0.2, 0.25) is 0 Å². The first kappa shape index (κ1) is 23.2. The zero-order valence-electron chi connectivity index (χ0n) is 20.2. The molecule has 1 fully saturated rings. The monoisotopic (exact) mass is 462 g/mol. The summed E-state index contributed by atoms with van der Waals surface area (Å²) in [5.41, 5.74) is 5.79. The normalized spacial score (nSPS) is 18.1. The van der Waals surface area contributed by atoms with Crippen LogP contribution in [0.3, 0.4) is 0 Å². The van der Waals surface area contributed by atoms with E-state index in [9.17, 15) is 0 Å². The first-order valence-electron chi connectivity index (χ1n) is 11.7. The van der Waals surface area contributed by atoms with Gasteiger partial charge in [-0.1, -0.05) is 29.8 Å². The van der Waals surface area contributed by atoms with E-state index >= 15 is 0 Å². The molecule has 1 aliphatic carbocycles. The summed E-state index contributed by atoms with van der Waals surface area (Å²) in [5.74, 6) is 1.65. The molecule has 174 valence electrons. The van der Waals surface area contributed by atoms with Crippen molar-refractivity contribution in [1.82, 2.24) is 15.3 Å². The van der Waals surface area contributed by atoms with Gasteiger partial charge in [0.2, 0.25) is 5.95 Å². The number of para-hydroxylation sites is 1. The van der Waals surface area contributed by atoms with E-state index in [0.29, 0.717) is 23.1 Å². The van der Waals surface area contributed by atoms with Gasteiger partial charge in [0.25, 0.3) is 0 Å². The summed E-state index contributed by atoms with van der Waals surface area (Å²) in [6.07, 6.45) is 4.21. The molecule has 0 unspecified atom stereocenters. The number of aromatic nitrogens is 2. The van der Waals surface area contributed by atoms with Gasteiger partial charge >= 0.3 is 0 Å². The minimum atomic E-state index is 0.363. The van der Waals surface area contributed by atoms with Crippen molar-refractivity contribution < 1.29 is 0 Å². The fourth-order valence-corrected chi connectivity index (χ4v) is 5.01. The zero-order chi connectivity index (χ0) is 23.5. The predicted molar refractivity (Wildman–Crippen MR) is 144 cm³/mol. The van der Waals surface area contributed by atoms with E-state index in [1.54, 1.807) is 0 Å². The lowest BCUT2D eigenvalue weighted by Crippen LogP contribution is -2.42. The molecule has 33 heavy (non-hydrogen) atoms. The molecule has 0 aliphatic heterocycles. The van der Waals surface area contributed by atoms with Crippen LogP contribution in [0.15, 0.2) is 36.4 Å². The number of benzene rings is 2. The minimum absolute atomic E-state index is 0.363. The summed E-state index contributed by atoms with van der Waals surface area (Å²) in [4.78, 5) is 11.6. The topological polar surface area (TPSA) is 65.1 Å². The number of anilines is 3. The van der Waals surface area contributed by atoms with Gasteiger partial charge in [-0.15, -0.1) is 0 Å². The highest BCUT2D eigenvalue weighted by Crippen LogP contribution is 2.27. The van der Waals surface area contributed by atoms with Gasteiger partial charge in [-0.3, -0.25) is 0 Å². The molecule has 4 rings (SSSR count). The van der Waals surface area contributed by atoms with Crippen LogP contribution in [0.4, 0.5) is 17.5 Å². The maximum atomic E-state index is 5.62. The van der Waals surface area contributed by atoms with Gasteiger partial charge in [0.1, 0.15) is 5.82 Å². The smallest absolute Gasteiger partial charge is 0.225 e. The number of hydrogen-bond donors (Lipinski definition) is 3. The van der Waals surface area contributed by atoms with Gasteiger partial charge in [-0.05, 0) is 81.9 Å². The zero-order valence-corrected chi connectivity index (χ0v) is 21.0. The van der Waals surface area contributed by atoms with Gasteiger partial charge in [0, 0.05) is 37.3 Å². The van der Waals surface area contributed by atoms with Crippen LogP contribution in [0.1, 0.15) is 42.4 Å². The summed E-state index contributed by atoms with van der Waals surface area (Å²) in [6.45, 7) is 6.37. The Bertz CT molecular complexity index is 1130. The molecule has 0 radical (unpaired) electrons. The molecular formula is C26H34N6S. The van der Waals surface area contributed by atoms with Crippen molar-refractivity contribution >= 4 is 45.7 Å². The maximum Gasteiger partial charge on any atom is 0.225 e. The molecule has 3 aromatic rings. The Hall–Kier alpha value is -2.93. The lowest BCUT2D eigenvalue weighted by atomic mass is 9.91. The van der Waals surface area contributed by atoms with Gasteiger partial charge in [0.15, 0.2) is 5.11 Å². The van der Waals surface area contributed by atoms with Crippen molar-refractivity contribution in [2.24, 2.45) is 0 Å². The second kappa shape index (κ2) is 9.91. The van der Waals surface area contributed by atoms with Crippen molar-refractivity contribution in [3.63, 3.8) is 0 Å². The van der Waals surface area contributed by atoms with Crippen molar-refractivity contribution in [1.29, 1.82) is 0 Å². The summed E-state index contributed by atoms with van der Waals surface area (Å²) in [7, 11) is 4.04. The number of hydrogen-bond acceptors (Lipinski definition) is 5. The molecule has 0 atom stereocenters. The Morgan fingerprint density at radius 2 is 1.58 bits per heavy atom. The van der Waals surface area contributed by atoms with E-state index in [4.69, 9.17) is 22.2 Å². The van der Waals surface area contributed by atoms with Crippen LogP contribution >= 0.6 is 12.2 Å². The molecule has 1 saturated carbocycles. The van der Waals surface area contributed by atoms with E-state index in [-0.39, 0.29) is 0 Å². The van der Waals surface area contributed by atoms with Crippen molar-refractivity contribution in [3.05, 3.63) is 53.1 Å². The summed E-state index contributed by atoms with van der Waals surface area (Å²) >= 11 is 5.62. The Balaban J connectivity index is 1.34. The lowest BCUT2D eigenvalue weighted by Gasteiger charge is -2.31. The fourth-order valence-electron chi connectivity index (χ4n) is 4.74. The van der Waals surface area contributed by atoms with Crippen LogP contribution in [0, 0.1) is 20.8 Å². The highest BCUT2D eigenvalue weighted by Gasteiger charge is 2.23. The molecule has 0 amide bonds. The molecule has 0 spiro atoms. The Kier molecular flexibility index (Phi) is 6.98. The molecular weight excluding hydrogens is 428 g/mol. The summed E-state index contributed by atoms with van der Waals surface area (Å²) in [6, 6.07) is 13.3. The SMILES string of the molecule is Cc1cc(C)c(NC(=S)NC2CCC(Nc3nc(N(C)C)c4ccccc4n3)CC2)c(C)c1. The lowest BCUT2D eigenvalue weighted by molar-refractivity contribution is 0.387. The number of nitrogens with one attached hydrogen (secondary N) is 3. The number of thiocarbonyl (C=S) groups is 1.